The summed E-state index contributed by atoms with van der Waals surface area (Å²) in [7, 11) is 2.94. The van der Waals surface area contributed by atoms with Crippen molar-refractivity contribution in [2.45, 2.75) is 187 Å². The molecule has 2 aromatic carbocycles. The Morgan fingerprint density at radius 3 is 2.04 bits per heavy atom. The lowest BCUT2D eigenvalue weighted by atomic mass is 9.44. The Kier molecular flexibility index (Phi) is 14.2. The van der Waals surface area contributed by atoms with Gasteiger partial charge in [-0.05, 0) is 89.3 Å². The molecule has 0 radical (unpaired) electrons. The Bertz CT molecular complexity index is 2490. The van der Waals surface area contributed by atoms with E-state index in [2.05, 4.69) is 0 Å². The number of ether oxygens (including phenoxy) is 11. The van der Waals surface area contributed by atoms with E-state index >= 15 is 4.79 Å². The maximum Gasteiger partial charge on any atom is 0.413 e. The van der Waals surface area contributed by atoms with Gasteiger partial charge in [-0.15, -0.1) is 0 Å². The molecule has 3 heterocycles. The molecule has 8 rings (SSSR count). The van der Waals surface area contributed by atoms with Gasteiger partial charge < -0.3 is 57.2 Å². The molecular formula is C55H73NO17. The summed E-state index contributed by atoms with van der Waals surface area (Å²) in [4.78, 5) is 73.2. The van der Waals surface area contributed by atoms with Crippen LogP contribution in [0.2, 0.25) is 0 Å². The molecule has 3 aliphatic carbocycles. The van der Waals surface area contributed by atoms with Crippen LogP contribution in [0, 0.1) is 22.7 Å². The fourth-order valence-electron chi connectivity index (χ4n) is 12.9. The van der Waals surface area contributed by atoms with Crippen LogP contribution in [0.3, 0.4) is 0 Å². The van der Waals surface area contributed by atoms with E-state index in [4.69, 9.17) is 52.1 Å². The van der Waals surface area contributed by atoms with E-state index in [1.165, 1.54) is 33.0 Å². The Balaban J connectivity index is 1.33. The number of carbonyl (C=O) groups excluding carboxylic acids is 5. The molecule has 3 saturated heterocycles. The molecule has 1 amide bonds. The average molecular weight is 1020 g/mol. The lowest BCUT2D eigenvalue weighted by Gasteiger charge is -2.71. The average Bonchev–Trinajstić information content (AvgIpc) is 3.66. The number of methoxy groups -OCH3 is 2. The molecule has 2 saturated carbocycles. The topological polar surface area (TPSA) is 210 Å². The van der Waals surface area contributed by atoms with Crippen molar-refractivity contribution in [1.82, 2.24) is 4.90 Å². The zero-order valence-electron chi connectivity index (χ0n) is 44.7. The molecule has 1 unspecified atom stereocenters. The van der Waals surface area contributed by atoms with Crippen LogP contribution < -0.4 is 9.47 Å². The lowest BCUT2D eigenvalue weighted by molar-refractivity contribution is -0.430. The Morgan fingerprint density at radius 2 is 1.49 bits per heavy atom. The van der Waals surface area contributed by atoms with Crippen LogP contribution in [-0.2, 0) is 57.0 Å². The number of hydrogen-bond donors (Lipinski definition) is 1. The molecule has 6 aliphatic rings. The van der Waals surface area contributed by atoms with Crippen molar-refractivity contribution in [3.8, 4) is 11.5 Å². The summed E-state index contributed by atoms with van der Waals surface area (Å²) >= 11 is 0. The molecule has 18 nitrogen and oxygen atoms in total. The quantitative estimate of drug-likeness (QED) is 0.131. The van der Waals surface area contributed by atoms with Gasteiger partial charge in [-0.25, -0.2) is 14.4 Å². The van der Waals surface area contributed by atoms with Gasteiger partial charge in [-0.1, -0.05) is 58.9 Å². The molecular weight excluding hydrogens is 947 g/mol. The highest BCUT2D eigenvalue weighted by Crippen LogP contribution is 2.68. The first-order valence-corrected chi connectivity index (χ1v) is 25.2. The summed E-state index contributed by atoms with van der Waals surface area (Å²) in [5.41, 5.74) is -6.31. The Labute approximate surface area is 427 Å². The summed E-state index contributed by atoms with van der Waals surface area (Å²) < 4.78 is 70.7. The largest absolute Gasteiger partial charge is 0.496 e. The maximum atomic E-state index is 15.5. The molecule has 5 fully saturated rings. The zero-order valence-corrected chi connectivity index (χ0v) is 44.7. The molecule has 3 aliphatic heterocycles. The van der Waals surface area contributed by atoms with Gasteiger partial charge >= 0.3 is 30.0 Å². The number of hydrogen-bond acceptors (Lipinski definition) is 17. The fraction of sp³-hybridized carbons (Fsp3) is 0.655. The van der Waals surface area contributed by atoms with Crippen molar-refractivity contribution in [2.24, 2.45) is 22.7 Å². The monoisotopic (exact) mass is 1020 g/mol. The van der Waals surface area contributed by atoms with Gasteiger partial charge in [-0.2, -0.15) is 0 Å². The van der Waals surface area contributed by atoms with E-state index in [0.717, 1.165) is 0 Å². The van der Waals surface area contributed by atoms with Crippen molar-refractivity contribution in [1.29, 1.82) is 0 Å². The van der Waals surface area contributed by atoms with Gasteiger partial charge in [0.2, 0.25) is 0 Å². The van der Waals surface area contributed by atoms with Crippen LogP contribution in [0.25, 0.3) is 0 Å². The molecule has 400 valence electrons. The number of nitrogens with zero attached hydrogens (tertiary/aromatic N) is 1. The number of benzene rings is 2. The molecule has 0 spiro atoms. The molecule has 13 atom stereocenters. The lowest BCUT2D eigenvalue weighted by Crippen LogP contribution is -2.84. The summed E-state index contributed by atoms with van der Waals surface area (Å²) in [6.07, 6.45) is -10.3. The normalized spacial score (nSPS) is 34.9. The molecule has 2 bridgehead atoms. The van der Waals surface area contributed by atoms with Crippen LogP contribution in [0.15, 0.2) is 59.7 Å². The van der Waals surface area contributed by atoms with Gasteiger partial charge in [0.1, 0.15) is 47.1 Å². The number of rotatable bonds is 11. The standard InChI is InChI=1S/C55H73NO17/c1-28(2)24-33-41(68-46(56(33)49(61)73-50(6,7)8)39-34(63-14)22-19-23-35(39)64-15)48(60)67-36-26-55(62)45(69-47(59)32-20-17-16-18-21-32)43-53(13)37(25-38-54(43,27-65-38)70-31(5)58)71-52(11,12)72-44(53)42(66-30(4)57)40(29(36)3)51(55,9)10/h16-23,28,33,36-38,41-46,62H,24-27H2,1-15H3/t33-,36-,37-,38+,41+,42+,43-,44-,45-,46?,53+,54-,55+/m0/s1. The van der Waals surface area contributed by atoms with Crippen LogP contribution in [0.5, 0.6) is 11.5 Å². The third kappa shape index (κ3) is 9.16. The van der Waals surface area contributed by atoms with Crippen molar-refractivity contribution >= 4 is 30.0 Å². The third-order valence-electron chi connectivity index (χ3n) is 15.9. The Morgan fingerprint density at radius 1 is 0.849 bits per heavy atom. The van der Waals surface area contributed by atoms with Crippen LogP contribution in [-0.4, -0.2) is 132 Å². The van der Waals surface area contributed by atoms with Crippen LogP contribution >= 0.6 is 0 Å². The number of carbonyl (C=O) groups is 5. The van der Waals surface area contributed by atoms with E-state index in [-0.39, 0.29) is 30.9 Å². The van der Waals surface area contributed by atoms with E-state index in [9.17, 15) is 24.3 Å². The zero-order chi connectivity index (χ0) is 53.5. The molecule has 0 aromatic heterocycles. The Hall–Kier alpha value is -5.27. The second-order valence-corrected chi connectivity index (χ2v) is 23.0. The SMILES string of the molecule is COc1cccc(OC)c1C1O[C@@H](C(=O)O[C@H]2C[C@@]3(O)[C@@H](OC(=O)c4ccccc4)[C@@H]4[C@]5(OC(C)=O)CO[C@@H]5C[C@@H]5OC(C)(C)O[C@@H]([C@H](OC(C)=O)C(=C2C)C3(C)C)[C@]54C)[C@H](CC(C)C)N1C(=O)OC(C)(C)C. The summed E-state index contributed by atoms with van der Waals surface area (Å²) in [6.45, 7) is 22.1. The molecule has 2 aromatic rings. The van der Waals surface area contributed by atoms with E-state index in [1.54, 1.807) is 104 Å². The van der Waals surface area contributed by atoms with E-state index in [0.29, 0.717) is 28.2 Å². The summed E-state index contributed by atoms with van der Waals surface area (Å²) in [5, 5.41) is 14.3. The second-order valence-electron chi connectivity index (χ2n) is 23.0. The van der Waals surface area contributed by atoms with E-state index < -0.39 is 131 Å². The predicted molar refractivity (Wildman–Crippen MR) is 260 cm³/mol. The third-order valence-corrected chi connectivity index (χ3v) is 15.9. The number of esters is 4. The first kappa shape index (κ1) is 54.0. The van der Waals surface area contributed by atoms with E-state index in [1.807, 2.05) is 20.8 Å². The van der Waals surface area contributed by atoms with Gasteiger partial charge in [0.15, 0.2) is 29.8 Å². The highest BCUT2D eigenvalue weighted by Gasteiger charge is 2.80. The van der Waals surface area contributed by atoms with Gasteiger partial charge in [-0.3, -0.25) is 14.5 Å². The number of amides is 1. The van der Waals surface area contributed by atoms with Crippen LogP contribution in [0.1, 0.15) is 131 Å². The first-order chi connectivity index (χ1) is 34.0. The first-order valence-electron chi connectivity index (χ1n) is 25.2. The van der Waals surface area contributed by atoms with Crippen molar-refractivity contribution in [3.05, 3.63) is 70.8 Å². The highest BCUT2D eigenvalue weighted by atomic mass is 16.7. The molecule has 73 heavy (non-hydrogen) atoms. The number of aliphatic hydroxyl groups is 1. The second kappa shape index (κ2) is 19.1. The van der Waals surface area contributed by atoms with Gasteiger partial charge in [0, 0.05) is 37.5 Å². The van der Waals surface area contributed by atoms with Crippen LogP contribution in [0.4, 0.5) is 4.79 Å². The summed E-state index contributed by atoms with van der Waals surface area (Å²) in [6, 6.07) is 12.4. The summed E-state index contributed by atoms with van der Waals surface area (Å²) in [5.74, 6) is -4.94. The minimum absolute atomic E-state index is 0.0930. The molecule has 1 N–H and O–H groups in total. The molecule has 18 heteroatoms. The smallest absolute Gasteiger partial charge is 0.413 e. The predicted octanol–water partition coefficient (Wildman–Crippen LogP) is 7.56. The maximum absolute atomic E-state index is 15.5. The number of fused-ring (bicyclic) bond motifs is 4. The minimum Gasteiger partial charge on any atom is -0.496 e. The van der Waals surface area contributed by atoms with Crippen molar-refractivity contribution in [3.63, 3.8) is 0 Å². The minimum atomic E-state index is -2.24. The fourth-order valence-corrected chi connectivity index (χ4v) is 12.9. The van der Waals surface area contributed by atoms with Crippen molar-refractivity contribution < 1.29 is 81.2 Å². The van der Waals surface area contributed by atoms with Gasteiger partial charge in [0.05, 0.1) is 50.0 Å². The van der Waals surface area contributed by atoms with Crippen molar-refractivity contribution in [2.75, 3.05) is 20.8 Å². The highest BCUT2D eigenvalue weighted by molar-refractivity contribution is 5.89. The van der Waals surface area contributed by atoms with Gasteiger partial charge in [0.25, 0.3) is 0 Å².